The van der Waals surface area contributed by atoms with Gasteiger partial charge in [0, 0.05) is 13.0 Å². The topological polar surface area (TPSA) is 97.5 Å². The lowest BCUT2D eigenvalue weighted by Gasteiger charge is -2.09. The predicted molar refractivity (Wildman–Crippen MR) is 99.7 cm³/mol. The third-order valence-corrected chi connectivity index (χ3v) is 5.63. The van der Waals surface area contributed by atoms with Gasteiger partial charge in [-0.2, -0.15) is 8.42 Å². The van der Waals surface area contributed by atoms with E-state index in [1.54, 1.807) is 0 Å². The average molecular weight is 364 g/mol. The molecule has 0 aliphatic heterocycles. The highest BCUT2D eigenvalue weighted by molar-refractivity contribution is 7.87. The van der Waals surface area contributed by atoms with Crippen molar-refractivity contribution >= 4 is 15.9 Å². The van der Waals surface area contributed by atoms with Crippen LogP contribution in [0.3, 0.4) is 0 Å². The van der Waals surface area contributed by atoms with Crippen molar-refractivity contribution in [2.45, 2.75) is 102 Å². The van der Waals surface area contributed by atoms with Gasteiger partial charge in [-0.3, -0.25) is 9.35 Å². The Kier molecular flexibility index (Phi) is 14.6. The molecule has 0 amide bonds. The minimum absolute atomic E-state index is 0.180. The summed E-state index contributed by atoms with van der Waals surface area (Å²) in [6.45, 7) is 1.89. The minimum atomic E-state index is -4.36. The van der Waals surface area contributed by atoms with Crippen molar-refractivity contribution in [3.05, 3.63) is 0 Å². The van der Waals surface area contributed by atoms with E-state index in [0.29, 0.717) is 6.42 Å². The van der Waals surface area contributed by atoms with E-state index in [2.05, 4.69) is 6.92 Å². The van der Waals surface area contributed by atoms with Crippen molar-refractivity contribution in [3.8, 4) is 0 Å². The SMILES string of the molecule is CCCCCCCCCCCCCCCC(=O)C(CN)S(=O)(=O)O. The van der Waals surface area contributed by atoms with E-state index in [1.807, 2.05) is 0 Å². The largest absolute Gasteiger partial charge is 0.329 e. The monoisotopic (exact) mass is 363 g/mol. The molecule has 0 fully saturated rings. The summed E-state index contributed by atoms with van der Waals surface area (Å²) in [5.74, 6) is -0.469. The summed E-state index contributed by atoms with van der Waals surface area (Å²) in [7, 11) is -4.36. The van der Waals surface area contributed by atoms with Gasteiger partial charge >= 0.3 is 0 Å². The molecule has 0 spiro atoms. The molecule has 0 aliphatic rings. The Hall–Kier alpha value is -0.460. The first-order valence-electron chi connectivity index (χ1n) is 9.62. The van der Waals surface area contributed by atoms with Crippen LogP contribution in [0.2, 0.25) is 0 Å². The molecule has 0 rings (SSSR count). The lowest BCUT2D eigenvalue weighted by Crippen LogP contribution is -2.36. The first-order chi connectivity index (χ1) is 11.4. The fourth-order valence-corrected chi connectivity index (χ4v) is 3.59. The second-order valence-corrected chi connectivity index (χ2v) is 8.30. The smallest absolute Gasteiger partial charge is 0.276 e. The molecule has 0 aromatic rings. The van der Waals surface area contributed by atoms with Gasteiger partial charge in [0.1, 0.15) is 0 Å². The Labute approximate surface area is 148 Å². The van der Waals surface area contributed by atoms with E-state index in [9.17, 15) is 13.2 Å². The number of carbonyl (C=O) groups is 1. The van der Waals surface area contributed by atoms with E-state index in [0.717, 1.165) is 12.8 Å². The van der Waals surface area contributed by atoms with Crippen LogP contribution in [0.15, 0.2) is 0 Å². The molecule has 3 N–H and O–H groups in total. The fourth-order valence-electron chi connectivity index (χ4n) is 2.90. The van der Waals surface area contributed by atoms with Crippen molar-refractivity contribution in [2.24, 2.45) is 5.73 Å². The molecule has 5 nitrogen and oxygen atoms in total. The first-order valence-corrected chi connectivity index (χ1v) is 11.1. The number of hydrogen-bond donors (Lipinski definition) is 2. The Morgan fingerprint density at radius 3 is 1.54 bits per heavy atom. The molecule has 0 aromatic carbocycles. The van der Waals surface area contributed by atoms with Crippen LogP contribution < -0.4 is 5.73 Å². The molecular weight excluding hydrogens is 326 g/mol. The maximum Gasteiger partial charge on any atom is 0.276 e. The van der Waals surface area contributed by atoms with Gasteiger partial charge < -0.3 is 5.73 Å². The zero-order chi connectivity index (χ0) is 18.3. The molecule has 0 saturated heterocycles. The second-order valence-electron chi connectivity index (χ2n) is 6.70. The molecule has 0 saturated carbocycles. The van der Waals surface area contributed by atoms with Crippen LogP contribution in [0.1, 0.15) is 96.8 Å². The summed E-state index contributed by atoms with van der Waals surface area (Å²) in [5.41, 5.74) is 5.24. The molecule has 144 valence electrons. The van der Waals surface area contributed by atoms with Gasteiger partial charge in [-0.05, 0) is 6.42 Å². The Balaban J connectivity index is 3.44. The van der Waals surface area contributed by atoms with Crippen molar-refractivity contribution in [1.29, 1.82) is 0 Å². The highest BCUT2D eigenvalue weighted by Crippen LogP contribution is 2.13. The molecular formula is C18H37NO4S. The van der Waals surface area contributed by atoms with Crippen LogP contribution in [0.4, 0.5) is 0 Å². The molecule has 0 aromatic heterocycles. The van der Waals surface area contributed by atoms with E-state index in [-0.39, 0.29) is 13.0 Å². The molecule has 1 unspecified atom stereocenters. The van der Waals surface area contributed by atoms with Crippen LogP contribution in [0.5, 0.6) is 0 Å². The standard InChI is InChI=1S/C18H37NO4S/c1-2-3-4-5-6-7-8-9-10-11-12-13-14-15-17(20)18(16-19)24(21,22)23/h18H,2-16,19H2,1H3,(H,21,22,23). The third-order valence-electron chi connectivity index (χ3n) is 4.46. The van der Waals surface area contributed by atoms with Gasteiger partial charge in [0.05, 0.1) is 0 Å². The number of unbranched alkanes of at least 4 members (excludes halogenated alkanes) is 12. The summed E-state index contributed by atoms with van der Waals surface area (Å²) in [4.78, 5) is 11.7. The zero-order valence-electron chi connectivity index (χ0n) is 15.3. The first kappa shape index (κ1) is 23.5. The number of rotatable bonds is 17. The van der Waals surface area contributed by atoms with Crippen LogP contribution in [0, 0.1) is 0 Å². The molecule has 0 radical (unpaired) electrons. The number of nitrogens with two attached hydrogens (primary N) is 1. The molecule has 1 atom stereocenters. The lowest BCUT2D eigenvalue weighted by atomic mass is 10.0. The maximum atomic E-state index is 11.7. The van der Waals surface area contributed by atoms with Gasteiger partial charge in [-0.25, -0.2) is 0 Å². The Bertz CT molecular complexity index is 409. The number of carbonyl (C=O) groups excluding carboxylic acids is 1. The van der Waals surface area contributed by atoms with Gasteiger partial charge in [-0.15, -0.1) is 0 Å². The zero-order valence-corrected chi connectivity index (χ0v) is 16.2. The summed E-state index contributed by atoms with van der Waals surface area (Å²) in [6, 6.07) is 0. The number of Topliss-reactive ketones (excluding diaryl/α,β-unsaturated/α-hetero) is 1. The van der Waals surface area contributed by atoms with Gasteiger partial charge in [0.25, 0.3) is 10.1 Å². The average Bonchev–Trinajstić information content (AvgIpc) is 2.51. The van der Waals surface area contributed by atoms with Crippen molar-refractivity contribution in [3.63, 3.8) is 0 Å². The van der Waals surface area contributed by atoms with Crippen molar-refractivity contribution in [2.75, 3.05) is 6.54 Å². The van der Waals surface area contributed by atoms with Crippen molar-refractivity contribution < 1.29 is 17.8 Å². The predicted octanol–water partition coefficient (Wildman–Crippen LogP) is 4.25. The number of ketones is 1. The number of hydrogen-bond acceptors (Lipinski definition) is 4. The highest BCUT2D eigenvalue weighted by Gasteiger charge is 2.28. The van der Waals surface area contributed by atoms with Crippen LogP contribution in [-0.2, 0) is 14.9 Å². The lowest BCUT2D eigenvalue weighted by molar-refractivity contribution is -0.118. The van der Waals surface area contributed by atoms with Crippen molar-refractivity contribution in [1.82, 2.24) is 0 Å². The van der Waals surface area contributed by atoms with Gasteiger partial charge in [-0.1, -0.05) is 84.0 Å². The third kappa shape index (κ3) is 12.9. The maximum absolute atomic E-state index is 11.7. The summed E-state index contributed by atoms with van der Waals surface area (Å²) < 4.78 is 30.9. The molecule has 24 heavy (non-hydrogen) atoms. The van der Waals surface area contributed by atoms with E-state index in [4.69, 9.17) is 10.3 Å². The minimum Gasteiger partial charge on any atom is -0.329 e. The molecule has 0 bridgehead atoms. The van der Waals surface area contributed by atoms with Gasteiger partial charge in [0.15, 0.2) is 11.0 Å². The summed E-state index contributed by atoms with van der Waals surface area (Å²) >= 11 is 0. The van der Waals surface area contributed by atoms with Crippen LogP contribution in [-0.4, -0.2) is 30.5 Å². The Morgan fingerprint density at radius 1 is 0.833 bits per heavy atom. The normalized spacial score (nSPS) is 13.1. The molecule has 0 aliphatic carbocycles. The second kappa shape index (κ2) is 14.8. The molecule has 0 heterocycles. The van der Waals surface area contributed by atoms with E-state index < -0.39 is 21.2 Å². The summed E-state index contributed by atoms with van der Waals surface area (Å²) in [6.07, 6.45) is 16.0. The van der Waals surface area contributed by atoms with E-state index >= 15 is 0 Å². The van der Waals surface area contributed by atoms with Crippen LogP contribution >= 0.6 is 0 Å². The summed E-state index contributed by atoms with van der Waals surface area (Å²) in [5, 5.41) is -1.45. The van der Waals surface area contributed by atoms with E-state index in [1.165, 1.54) is 64.2 Å². The Morgan fingerprint density at radius 2 is 1.21 bits per heavy atom. The highest BCUT2D eigenvalue weighted by atomic mass is 32.2. The molecule has 6 heteroatoms. The van der Waals surface area contributed by atoms with Crippen LogP contribution in [0.25, 0.3) is 0 Å². The van der Waals surface area contributed by atoms with Gasteiger partial charge in [0.2, 0.25) is 0 Å². The quantitative estimate of drug-likeness (QED) is 0.297. The fraction of sp³-hybridized carbons (Fsp3) is 0.944.